The first-order valence-corrected chi connectivity index (χ1v) is 9.47. The lowest BCUT2D eigenvalue weighted by molar-refractivity contribution is -0.116. The SMILES string of the molecule is COc1ccccc1CCNS(=O)(=O)c1ccc2c(c1)[C@@H](C)C(=O)N2. The first-order chi connectivity index (χ1) is 11.9. The topological polar surface area (TPSA) is 84.5 Å². The number of methoxy groups -OCH3 is 1. The summed E-state index contributed by atoms with van der Waals surface area (Å²) < 4.78 is 32.9. The van der Waals surface area contributed by atoms with Crippen molar-refractivity contribution >= 4 is 21.6 Å². The number of carbonyl (C=O) groups is 1. The van der Waals surface area contributed by atoms with Crippen molar-refractivity contribution in [2.75, 3.05) is 19.0 Å². The lowest BCUT2D eigenvalue weighted by atomic mass is 10.0. The molecule has 0 fully saturated rings. The average molecular weight is 360 g/mol. The molecule has 1 aliphatic heterocycles. The monoisotopic (exact) mass is 360 g/mol. The Morgan fingerprint density at radius 3 is 2.72 bits per heavy atom. The van der Waals surface area contributed by atoms with E-state index in [0.717, 1.165) is 11.3 Å². The lowest BCUT2D eigenvalue weighted by Crippen LogP contribution is -2.26. The van der Waals surface area contributed by atoms with Gasteiger partial charge in [-0.05, 0) is 48.7 Å². The van der Waals surface area contributed by atoms with Crippen molar-refractivity contribution in [1.82, 2.24) is 4.72 Å². The number of sulfonamides is 1. The van der Waals surface area contributed by atoms with Crippen molar-refractivity contribution in [1.29, 1.82) is 0 Å². The Labute approximate surface area is 147 Å². The fourth-order valence-electron chi connectivity index (χ4n) is 2.88. The van der Waals surface area contributed by atoms with Gasteiger partial charge < -0.3 is 10.1 Å². The summed E-state index contributed by atoms with van der Waals surface area (Å²) in [6.45, 7) is 2.01. The van der Waals surface area contributed by atoms with Gasteiger partial charge in [-0.3, -0.25) is 4.79 Å². The number of anilines is 1. The molecule has 0 aromatic heterocycles. The second-order valence-corrected chi connectivity index (χ2v) is 7.69. The van der Waals surface area contributed by atoms with Gasteiger partial charge in [-0.1, -0.05) is 18.2 Å². The van der Waals surface area contributed by atoms with E-state index in [1.165, 1.54) is 6.07 Å². The van der Waals surface area contributed by atoms with E-state index in [-0.39, 0.29) is 23.3 Å². The predicted octanol–water partition coefficient (Wildman–Crippen LogP) is 2.27. The summed E-state index contributed by atoms with van der Waals surface area (Å²) in [4.78, 5) is 11.9. The number of amides is 1. The van der Waals surface area contributed by atoms with Crippen LogP contribution in [0.3, 0.4) is 0 Å². The minimum absolute atomic E-state index is 0.117. The third kappa shape index (κ3) is 3.52. The minimum atomic E-state index is -3.64. The number of ether oxygens (including phenoxy) is 1. The van der Waals surface area contributed by atoms with Crippen LogP contribution in [0.4, 0.5) is 5.69 Å². The Kier molecular flexibility index (Phi) is 4.78. The summed E-state index contributed by atoms with van der Waals surface area (Å²) in [5, 5.41) is 2.74. The number of nitrogens with one attached hydrogen (secondary N) is 2. The molecule has 0 saturated carbocycles. The van der Waals surface area contributed by atoms with Gasteiger partial charge in [-0.15, -0.1) is 0 Å². The zero-order chi connectivity index (χ0) is 18.0. The molecule has 1 amide bonds. The van der Waals surface area contributed by atoms with Crippen LogP contribution in [0.1, 0.15) is 24.0 Å². The van der Waals surface area contributed by atoms with E-state index in [0.29, 0.717) is 17.7 Å². The van der Waals surface area contributed by atoms with Crippen LogP contribution in [0.2, 0.25) is 0 Å². The van der Waals surface area contributed by atoms with Crippen molar-refractivity contribution in [2.45, 2.75) is 24.2 Å². The molecule has 132 valence electrons. The summed E-state index contributed by atoms with van der Waals surface area (Å²) in [5.41, 5.74) is 2.31. The van der Waals surface area contributed by atoms with Gasteiger partial charge >= 0.3 is 0 Å². The molecule has 2 aromatic rings. The van der Waals surface area contributed by atoms with Crippen molar-refractivity contribution in [3.05, 3.63) is 53.6 Å². The summed E-state index contributed by atoms with van der Waals surface area (Å²) >= 11 is 0. The molecular weight excluding hydrogens is 340 g/mol. The molecule has 0 aliphatic carbocycles. The largest absolute Gasteiger partial charge is 0.496 e. The smallest absolute Gasteiger partial charge is 0.240 e. The van der Waals surface area contributed by atoms with Crippen LogP contribution in [-0.2, 0) is 21.2 Å². The molecule has 6 nitrogen and oxygen atoms in total. The van der Waals surface area contributed by atoms with Gasteiger partial charge in [0.1, 0.15) is 5.75 Å². The van der Waals surface area contributed by atoms with Crippen LogP contribution >= 0.6 is 0 Å². The fourth-order valence-corrected chi connectivity index (χ4v) is 3.94. The van der Waals surface area contributed by atoms with E-state index < -0.39 is 10.0 Å². The van der Waals surface area contributed by atoms with E-state index in [4.69, 9.17) is 4.74 Å². The molecule has 3 rings (SSSR count). The molecule has 0 saturated heterocycles. The second kappa shape index (κ2) is 6.85. The highest BCUT2D eigenvalue weighted by Crippen LogP contribution is 2.33. The third-order valence-corrected chi connectivity index (χ3v) is 5.79. The summed E-state index contributed by atoms with van der Waals surface area (Å²) in [6, 6.07) is 12.2. The Morgan fingerprint density at radius 1 is 1.20 bits per heavy atom. The van der Waals surface area contributed by atoms with Crippen molar-refractivity contribution in [3.63, 3.8) is 0 Å². The summed E-state index contributed by atoms with van der Waals surface area (Å²) in [5.74, 6) is 0.269. The van der Waals surface area contributed by atoms with Gasteiger partial charge in [-0.2, -0.15) is 0 Å². The number of rotatable bonds is 6. The molecule has 2 N–H and O–H groups in total. The van der Waals surface area contributed by atoms with Crippen LogP contribution in [0.15, 0.2) is 47.4 Å². The van der Waals surface area contributed by atoms with Crippen LogP contribution in [0.25, 0.3) is 0 Å². The van der Waals surface area contributed by atoms with Crippen LogP contribution in [0.5, 0.6) is 5.75 Å². The minimum Gasteiger partial charge on any atom is -0.496 e. The molecular formula is C18H20N2O4S. The van der Waals surface area contributed by atoms with E-state index in [9.17, 15) is 13.2 Å². The maximum Gasteiger partial charge on any atom is 0.240 e. The highest BCUT2D eigenvalue weighted by atomic mass is 32.2. The van der Waals surface area contributed by atoms with E-state index in [1.54, 1.807) is 26.2 Å². The maximum atomic E-state index is 12.5. The highest BCUT2D eigenvalue weighted by molar-refractivity contribution is 7.89. The van der Waals surface area contributed by atoms with Crippen molar-refractivity contribution in [2.24, 2.45) is 0 Å². The Bertz CT molecular complexity index is 909. The molecule has 25 heavy (non-hydrogen) atoms. The molecule has 2 aromatic carbocycles. The first-order valence-electron chi connectivity index (χ1n) is 7.99. The van der Waals surface area contributed by atoms with E-state index in [2.05, 4.69) is 10.0 Å². The Hall–Kier alpha value is -2.38. The maximum absolute atomic E-state index is 12.5. The number of para-hydroxylation sites is 1. The molecule has 1 heterocycles. The normalized spacial score (nSPS) is 16.4. The van der Waals surface area contributed by atoms with E-state index in [1.807, 2.05) is 24.3 Å². The molecule has 1 atom stereocenters. The van der Waals surface area contributed by atoms with Gasteiger partial charge in [0.15, 0.2) is 0 Å². The molecule has 1 aliphatic rings. The van der Waals surface area contributed by atoms with Crippen molar-refractivity contribution < 1.29 is 17.9 Å². The number of hydrogen-bond acceptors (Lipinski definition) is 4. The lowest BCUT2D eigenvalue weighted by Gasteiger charge is -2.11. The van der Waals surface area contributed by atoms with Gasteiger partial charge in [0.25, 0.3) is 0 Å². The van der Waals surface area contributed by atoms with E-state index >= 15 is 0 Å². The number of benzene rings is 2. The van der Waals surface area contributed by atoms with Gasteiger partial charge in [0.05, 0.1) is 17.9 Å². The fraction of sp³-hybridized carbons (Fsp3) is 0.278. The van der Waals surface area contributed by atoms with Crippen LogP contribution < -0.4 is 14.8 Å². The second-order valence-electron chi connectivity index (χ2n) is 5.92. The predicted molar refractivity (Wildman–Crippen MR) is 95.4 cm³/mol. The van der Waals surface area contributed by atoms with Crippen molar-refractivity contribution in [3.8, 4) is 5.75 Å². The number of carbonyl (C=O) groups excluding carboxylic acids is 1. The Balaban J connectivity index is 1.72. The standard InChI is InChI=1S/C18H20N2O4S/c1-12-15-11-14(7-8-16(15)20-18(12)21)25(22,23)19-10-9-13-5-3-4-6-17(13)24-2/h3-8,11-12,19H,9-10H2,1-2H3,(H,20,21)/t12-/m1/s1. The van der Waals surface area contributed by atoms with Gasteiger partial charge in [0.2, 0.25) is 15.9 Å². The number of hydrogen-bond donors (Lipinski definition) is 2. The molecule has 0 spiro atoms. The third-order valence-electron chi connectivity index (χ3n) is 4.33. The van der Waals surface area contributed by atoms with Crippen LogP contribution in [-0.4, -0.2) is 28.0 Å². The summed E-state index contributed by atoms with van der Waals surface area (Å²) in [7, 11) is -2.06. The zero-order valence-electron chi connectivity index (χ0n) is 14.1. The first kappa shape index (κ1) is 17.4. The number of fused-ring (bicyclic) bond motifs is 1. The molecule has 7 heteroatoms. The Morgan fingerprint density at radius 2 is 1.96 bits per heavy atom. The highest BCUT2D eigenvalue weighted by Gasteiger charge is 2.28. The molecule has 0 radical (unpaired) electrons. The quantitative estimate of drug-likeness (QED) is 0.828. The molecule has 0 bridgehead atoms. The summed E-state index contributed by atoms with van der Waals surface area (Å²) in [6.07, 6.45) is 0.518. The molecule has 0 unspecified atom stereocenters. The van der Waals surface area contributed by atoms with Crippen LogP contribution in [0, 0.1) is 0 Å². The van der Waals surface area contributed by atoms with Gasteiger partial charge in [0, 0.05) is 12.2 Å². The zero-order valence-corrected chi connectivity index (χ0v) is 14.9. The average Bonchev–Trinajstić information content (AvgIpc) is 2.89. The van der Waals surface area contributed by atoms with Gasteiger partial charge in [-0.25, -0.2) is 13.1 Å².